The highest BCUT2D eigenvalue weighted by molar-refractivity contribution is 5.91. The van der Waals surface area contributed by atoms with Gasteiger partial charge in [-0.15, -0.1) is 0 Å². The van der Waals surface area contributed by atoms with Crippen molar-refractivity contribution in [3.63, 3.8) is 0 Å². The van der Waals surface area contributed by atoms with E-state index in [2.05, 4.69) is 0 Å². The van der Waals surface area contributed by atoms with Crippen LogP contribution < -0.4 is 0 Å². The standard InChI is InChI=1S/C16H18O2/c17-15-10-4-6-13(12-15)7-5-11-16(18)14-8-2-1-3-9-14/h1-3,5,7-9,12,16,18H,4,6,10-11H2/b7-5+/t16-/m1/s1. The third kappa shape index (κ3) is 3.67. The van der Waals surface area contributed by atoms with E-state index in [-0.39, 0.29) is 5.78 Å². The molecule has 0 bridgehead atoms. The van der Waals surface area contributed by atoms with E-state index < -0.39 is 6.10 Å². The topological polar surface area (TPSA) is 37.3 Å². The number of rotatable bonds is 4. The SMILES string of the molecule is O=C1C=C(/C=C/C[C@@H](O)c2ccccc2)CCC1. The fourth-order valence-electron chi connectivity index (χ4n) is 2.11. The van der Waals surface area contributed by atoms with Crippen molar-refractivity contribution >= 4 is 5.78 Å². The van der Waals surface area contributed by atoms with Crippen molar-refractivity contribution in [1.29, 1.82) is 0 Å². The molecule has 2 rings (SSSR count). The summed E-state index contributed by atoms with van der Waals surface area (Å²) in [6.07, 6.45) is 8.31. The molecule has 1 atom stereocenters. The normalized spacial score (nSPS) is 17.8. The Bertz CT molecular complexity index is 457. The number of ketones is 1. The Hall–Kier alpha value is -1.67. The van der Waals surface area contributed by atoms with Crippen LogP contribution in [0.15, 0.2) is 54.1 Å². The van der Waals surface area contributed by atoms with Crippen LogP contribution in [0.1, 0.15) is 37.4 Å². The van der Waals surface area contributed by atoms with Crippen LogP contribution in [-0.4, -0.2) is 10.9 Å². The lowest BCUT2D eigenvalue weighted by Crippen LogP contribution is -2.01. The molecule has 0 saturated carbocycles. The molecular weight excluding hydrogens is 224 g/mol. The molecule has 0 spiro atoms. The highest BCUT2D eigenvalue weighted by Crippen LogP contribution is 2.19. The number of allylic oxidation sites excluding steroid dienone is 3. The summed E-state index contributed by atoms with van der Waals surface area (Å²) < 4.78 is 0. The first-order valence-corrected chi connectivity index (χ1v) is 6.38. The van der Waals surface area contributed by atoms with Gasteiger partial charge in [-0.2, -0.15) is 0 Å². The summed E-state index contributed by atoms with van der Waals surface area (Å²) >= 11 is 0. The predicted molar refractivity (Wildman–Crippen MR) is 72.1 cm³/mol. The maximum Gasteiger partial charge on any atom is 0.155 e. The van der Waals surface area contributed by atoms with Gasteiger partial charge in [0.15, 0.2) is 5.78 Å². The van der Waals surface area contributed by atoms with Gasteiger partial charge in [0.1, 0.15) is 0 Å². The van der Waals surface area contributed by atoms with E-state index in [1.54, 1.807) is 6.08 Å². The minimum Gasteiger partial charge on any atom is -0.388 e. The maximum atomic E-state index is 11.2. The molecule has 0 amide bonds. The zero-order chi connectivity index (χ0) is 12.8. The number of hydrogen-bond acceptors (Lipinski definition) is 2. The van der Waals surface area contributed by atoms with Crippen molar-refractivity contribution in [2.24, 2.45) is 0 Å². The second kappa shape index (κ2) is 6.31. The lowest BCUT2D eigenvalue weighted by atomic mass is 9.97. The molecule has 18 heavy (non-hydrogen) atoms. The molecule has 0 radical (unpaired) electrons. The number of carbonyl (C=O) groups is 1. The van der Waals surface area contributed by atoms with E-state index in [9.17, 15) is 9.90 Å². The molecule has 1 aromatic rings. The first-order valence-electron chi connectivity index (χ1n) is 6.38. The molecule has 1 aliphatic rings. The molecule has 0 fully saturated rings. The molecule has 0 aromatic heterocycles. The Morgan fingerprint density at radius 2 is 2.00 bits per heavy atom. The van der Waals surface area contributed by atoms with Crippen molar-refractivity contribution in [3.8, 4) is 0 Å². The van der Waals surface area contributed by atoms with Crippen molar-refractivity contribution in [3.05, 3.63) is 59.7 Å². The molecular formula is C16H18O2. The van der Waals surface area contributed by atoms with Gasteiger partial charge in [-0.3, -0.25) is 4.79 Å². The molecule has 1 aromatic carbocycles. The quantitative estimate of drug-likeness (QED) is 0.879. The summed E-state index contributed by atoms with van der Waals surface area (Å²) in [5.41, 5.74) is 2.00. The number of benzene rings is 1. The highest BCUT2D eigenvalue weighted by Gasteiger charge is 2.08. The summed E-state index contributed by atoms with van der Waals surface area (Å²) in [5.74, 6) is 0.213. The predicted octanol–water partition coefficient (Wildman–Crippen LogP) is 3.35. The Balaban J connectivity index is 1.90. The first-order chi connectivity index (χ1) is 8.75. The summed E-state index contributed by atoms with van der Waals surface area (Å²) in [4.78, 5) is 11.2. The Labute approximate surface area is 108 Å². The van der Waals surface area contributed by atoms with Crippen molar-refractivity contribution < 1.29 is 9.90 Å². The lowest BCUT2D eigenvalue weighted by Gasteiger charge is -2.09. The molecule has 0 unspecified atom stereocenters. The third-order valence-corrected chi connectivity index (χ3v) is 3.11. The maximum absolute atomic E-state index is 11.2. The monoisotopic (exact) mass is 242 g/mol. The Morgan fingerprint density at radius 3 is 2.72 bits per heavy atom. The van der Waals surface area contributed by atoms with Crippen LogP contribution in [-0.2, 0) is 4.79 Å². The number of aliphatic hydroxyl groups excluding tert-OH is 1. The lowest BCUT2D eigenvalue weighted by molar-refractivity contribution is -0.115. The molecule has 0 heterocycles. The summed E-state index contributed by atoms with van der Waals surface area (Å²) in [5, 5.41) is 9.96. The van der Waals surface area contributed by atoms with E-state index in [0.29, 0.717) is 12.8 Å². The van der Waals surface area contributed by atoms with Gasteiger partial charge in [0.25, 0.3) is 0 Å². The average molecular weight is 242 g/mol. The van der Waals surface area contributed by atoms with Gasteiger partial charge < -0.3 is 5.11 Å². The minimum absolute atomic E-state index is 0.213. The van der Waals surface area contributed by atoms with E-state index >= 15 is 0 Å². The molecule has 0 saturated heterocycles. The smallest absolute Gasteiger partial charge is 0.155 e. The Kier molecular flexibility index (Phi) is 4.48. The summed E-state index contributed by atoms with van der Waals surface area (Å²) in [6, 6.07) is 9.61. The third-order valence-electron chi connectivity index (χ3n) is 3.11. The van der Waals surface area contributed by atoms with Gasteiger partial charge >= 0.3 is 0 Å². The summed E-state index contributed by atoms with van der Waals surface area (Å²) in [6.45, 7) is 0. The van der Waals surface area contributed by atoms with Crippen LogP contribution in [0.3, 0.4) is 0 Å². The van der Waals surface area contributed by atoms with Crippen LogP contribution >= 0.6 is 0 Å². The number of carbonyl (C=O) groups excluding carboxylic acids is 1. The van der Waals surface area contributed by atoms with Crippen LogP contribution in [0.5, 0.6) is 0 Å². The minimum atomic E-state index is -0.470. The van der Waals surface area contributed by atoms with E-state index in [4.69, 9.17) is 0 Å². The number of hydrogen-bond donors (Lipinski definition) is 1. The van der Waals surface area contributed by atoms with Crippen molar-refractivity contribution in [2.75, 3.05) is 0 Å². The molecule has 2 heteroatoms. The van der Waals surface area contributed by atoms with Gasteiger partial charge in [0.2, 0.25) is 0 Å². The highest BCUT2D eigenvalue weighted by atomic mass is 16.3. The van der Waals surface area contributed by atoms with E-state index in [0.717, 1.165) is 24.0 Å². The van der Waals surface area contributed by atoms with Crippen LogP contribution in [0.4, 0.5) is 0 Å². The second-order valence-electron chi connectivity index (χ2n) is 4.60. The Morgan fingerprint density at radius 1 is 1.22 bits per heavy atom. The van der Waals surface area contributed by atoms with Gasteiger partial charge in [-0.1, -0.05) is 42.5 Å². The van der Waals surface area contributed by atoms with Gasteiger partial charge in [-0.05, 0) is 36.5 Å². The van der Waals surface area contributed by atoms with Crippen LogP contribution in [0, 0.1) is 0 Å². The van der Waals surface area contributed by atoms with E-state index in [1.807, 2.05) is 42.5 Å². The van der Waals surface area contributed by atoms with Gasteiger partial charge in [-0.25, -0.2) is 0 Å². The van der Waals surface area contributed by atoms with Gasteiger partial charge in [0, 0.05) is 6.42 Å². The van der Waals surface area contributed by atoms with Crippen molar-refractivity contribution in [2.45, 2.75) is 31.8 Å². The van der Waals surface area contributed by atoms with Crippen LogP contribution in [0.2, 0.25) is 0 Å². The molecule has 1 N–H and O–H groups in total. The summed E-state index contributed by atoms with van der Waals surface area (Å²) in [7, 11) is 0. The molecule has 2 nitrogen and oxygen atoms in total. The fourth-order valence-corrected chi connectivity index (χ4v) is 2.11. The fraction of sp³-hybridized carbons (Fsp3) is 0.312. The van der Waals surface area contributed by atoms with E-state index in [1.165, 1.54) is 0 Å². The largest absolute Gasteiger partial charge is 0.388 e. The van der Waals surface area contributed by atoms with Crippen molar-refractivity contribution in [1.82, 2.24) is 0 Å². The van der Waals surface area contributed by atoms with Crippen LogP contribution in [0.25, 0.3) is 0 Å². The zero-order valence-electron chi connectivity index (χ0n) is 10.4. The first kappa shape index (κ1) is 12.8. The average Bonchev–Trinajstić information content (AvgIpc) is 2.40. The molecule has 94 valence electrons. The zero-order valence-corrected chi connectivity index (χ0v) is 10.4. The number of aliphatic hydroxyl groups is 1. The molecule has 0 aliphatic heterocycles. The van der Waals surface area contributed by atoms with Gasteiger partial charge in [0.05, 0.1) is 6.10 Å². The second-order valence-corrected chi connectivity index (χ2v) is 4.60. The molecule has 1 aliphatic carbocycles.